The van der Waals surface area contributed by atoms with Crippen LogP contribution in [0.4, 0.5) is 0 Å². The Balaban J connectivity index is 0.00000451. The molecule has 2 fully saturated rings. The average Bonchev–Trinajstić information content (AvgIpc) is 3.15. The highest BCUT2D eigenvalue weighted by atomic mass is 16.6. The van der Waals surface area contributed by atoms with Crippen molar-refractivity contribution in [3.05, 3.63) is 70.1 Å². The molecular formula is C39H48O9. The quantitative estimate of drug-likeness (QED) is 0.157. The van der Waals surface area contributed by atoms with Crippen molar-refractivity contribution in [1.29, 1.82) is 0 Å². The molecule has 9 nitrogen and oxygen atoms in total. The van der Waals surface area contributed by atoms with Gasteiger partial charge in [-0.2, -0.15) is 0 Å². The van der Waals surface area contributed by atoms with Crippen LogP contribution in [-0.2, 0) is 25.5 Å². The van der Waals surface area contributed by atoms with Crippen molar-refractivity contribution in [3.8, 4) is 17.2 Å². The van der Waals surface area contributed by atoms with Crippen molar-refractivity contribution in [2.45, 2.75) is 117 Å². The molecule has 3 heterocycles. The molecule has 3 aliphatic heterocycles. The lowest BCUT2D eigenvalue weighted by molar-refractivity contribution is -0.171. The molecule has 1 saturated carbocycles. The Labute approximate surface area is 283 Å². The lowest BCUT2D eigenvalue weighted by Gasteiger charge is -2.56. The molecule has 258 valence electrons. The standard InChI is InChI=1S/C38H44O9.CH4/c1-20(2)9-10-25-32-24(12-14-36(8,45-32)15-13-27(40)21(3)4)30(41)29-31(42)26-17-23-18-28-35(6,7)47-37(34(23)43,16-11-22(5)44-19-39)38(26,28)46-33(25)29;/h9,11-12,14,17,19,23,27-28,40-41H,3,10,13,15-16,18H2,1-2,4-8H3;1H4/b22-11-;/t23?,27?,28?,36-,37+,38+;/m0./s1. The van der Waals surface area contributed by atoms with Crippen molar-refractivity contribution in [1.82, 2.24) is 0 Å². The molecule has 1 aromatic rings. The second kappa shape index (κ2) is 11.9. The van der Waals surface area contributed by atoms with Gasteiger partial charge in [-0.3, -0.25) is 14.4 Å². The smallest absolute Gasteiger partial charge is 0.298 e. The number of aliphatic hydroxyl groups excluding tert-OH is 1. The molecule has 0 amide bonds. The maximum atomic E-state index is 14.7. The number of aromatic hydroxyl groups is 1. The molecule has 7 rings (SSSR count). The topological polar surface area (TPSA) is 129 Å². The van der Waals surface area contributed by atoms with E-state index in [-0.39, 0.29) is 42.6 Å². The van der Waals surface area contributed by atoms with Gasteiger partial charge in [0, 0.05) is 29.4 Å². The summed E-state index contributed by atoms with van der Waals surface area (Å²) in [6, 6.07) is 0. The van der Waals surface area contributed by atoms with Gasteiger partial charge in [0.25, 0.3) is 6.47 Å². The van der Waals surface area contributed by atoms with Crippen molar-refractivity contribution in [2.24, 2.45) is 11.8 Å². The summed E-state index contributed by atoms with van der Waals surface area (Å²) in [6.07, 6.45) is 9.93. The van der Waals surface area contributed by atoms with Gasteiger partial charge in [-0.05, 0) is 92.4 Å². The minimum atomic E-state index is -1.58. The highest BCUT2D eigenvalue weighted by Crippen LogP contribution is 2.68. The minimum absolute atomic E-state index is 0. The monoisotopic (exact) mass is 660 g/mol. The molecule has 3 aliphatic carbocycles. The third-order valence-electron chi connectivity index (χ3n) is 10.7. The molecule has 48 heavy (non-hydrogen) atoms. The van der Waals surface area contributed by atoms with E-state index in [1.54, 1.807) is 32.1 Å². The summed E-state index contributed by atoms with van der Waals surface area (Å²) in [5.74, 6) is -0.936. The molecule has 1 saturated heterocycles. The molecule has 1 spiro atoms. The number of ketones is 2. The van der Waals surface area contributed by atoms with Gasteiger partial charge >= 0.3 is 0 Å². The number of ether oxygens (including phenoxy) is 4. The van der Waals surface area contributed by atoms with Gasteiger partial charge in [-0.15, -0.1) is 0 Å². The Kier molecular flexibility index (Phi) is 8.75. The fourth-order valence-corrected chi connectivity index (χ4v) is 8.22. The first-order chi connectivity index (χ1) is 22.0. The molecule has 6 aliphatic rings. The van der Waals surface area contributed by atoms with Crippen LogP contribution in [0.15, 0.2) is 53.4 Å². The molecule has 6 atom stereocenters. The number of carbonyl (C=O) groups is 3. The third kappa shape index (κ3) is 5.00. The first-order valence-corrected chi connectivity index (χ1v) is 16.3. The summed E-state index contributed by atoms with van der Waals surface area (Å²) in [6.45, 7) is 17.2. The Morgan fingerprint density at radius 1 is 1.12 bits per heavy atom. The molecule has 4 bridgehead atoms. The first kappa shape index (κ1) is 35.4. The van der Waals surface area contributed by atoms with Crippen LogP contribution in [0.5, 0.6) is 17.2 Å². The molecule has 0 aromatic heterocycles. The normalized spacial score (nSPS) is 30.8. The van der Waals surface area contributed by atoms with Crippen molar-refractivity contribution in [3.63, 3.8) is 0 Å². The lowest BCUT2D eigenvalue weighted by Crippen LogP contribution is -2.72. The lowest BCUT2D eigenvalue weighted by atomic mass is 9.51. The number of Topliss-reactive ketones (excluding diaryl/α,β-unsaturated/α-hetero) is 2. The number of rotatable bonds is 10. The van der Waals surface area contributed by atoms with E-state index in [2.05, 4.69) is 6.58 Å². The van der Waals surface area contributed by atoms with E-state index in [1.165, 1.54) is 0 Å². The number of hydrogen-bond donors (Lipinski definition) is 2. The summed E-state index contributed by atoms with van der Waals surface area (Å²) >= 11 is 0. The summed E-state index contributed by atoms with van der Waals surface area (Å²) in [7, 11) is 0. The zero-order valence-electron chi connectivity index (χ0n) is 28.2. The molecule has 2 N–H and O–H groups in total. The highest BCUT2D eigenvalue weighted by molar-refractivity contribution is 6.19. The fourth-order valence-electron chi connectivity index (χ4n) is 8.22. The zero-order valence-corrected chi connectivity index (χ0v) is 28.2. The largest absolute Gasteiger partial charge is 0.506 e. The summed E-state index contributed by atoms with van der Waals surface area (Å²) in [5.41, 5.74) is -1.77. The van der Waals surface area contributed by atoms with E-state index in [1.807, 2.05) is 46.8 Å². The second-order valence-electron chi connectivity index (χ2n) is 14.7. The molecule has 0 radical (unpaired) electrons. The van der Waals surface area contributed by atoms with Crippen LogP contribution in [0.2, 0.25) is 0 Å². The van der Waals surface area contributed by atoms with Gasteiger partial charge in [0.05, 0.1) is 17.3 Å². The number of carbonyl (C=O) groups excluding carboxylic acids is 3. The van der Waals surface area contributed by atoms with E-state index in [0.717, 1.165) is 5.57 Å². The van der Waals surface area contributed by atoms with Crippen LogP contribution < -0.4 is 9.47 Å². The maximum absolute atomic E-state index is 14.7. The maximum Gasteiger partial charge on any atom is 0.298 e. The van der Waals surface area contributed by atoms with Gasteiger partial charge in [0.15, 0.2) is 22.8 Å². The van der Waals surface area contributed by atoms with E-state index < -0.39 is 40.2 Å². The molecule has 1 aromatic carbocycles. The van der Waals surface area contributed by atoms with E-state index in [9.17, 15) is 24.6 Å². The Morgan fingerprint density at radius 3 is 2.48 bits per heavy atom. The Morgan fingerprint density at radius 2 is 1.83 bits per heavy atom. The fraction of sp³-hybridized carbons (Fsp3) is 0.513. The number of hydrogen-bond acceptors (Lipinski definition) is 9. The van der Waals surface area contributed by atoms with Crippen molar-refractivity contribution < 1.29 is 43.5 Å². The third-order valence-corrected chi connectivity index (χ3v) is 10.7. The van der Waals surface area contributed by atoms with Gasteiger partial charge in [0.1, 0.15) is 34.2 Å². The number of benzene rings is 1. The van der Waals surface area contributed by atoms with Crippen LogP contribution in [0.25, 0.3) is 6.08 Å². The number of aliphatic hydroxyl groups is 1. The summed E-state index contributed by atoms with van der Waals surface area (Å²) in [4.78, 5) is 40.1. The summed E-state index contributed by atoms with van der Waals surface area (Å²) in [5, 5.41) is 22.3. The van der Waals surface area contributed by atoms with Gasteiger partial charge in [0.2, 0.25) is 0 Å². The average molecular weight is 661 g/mol. The minimum Gasteiger partial charge on any atom is -0.506 e. The Hall–Kier alpha value is -3.95. The number of phenolic OH excluding ortho intramolecular Hbond substituents is 1. The molecule has 3 unspecified atom stereocenters. The predicted octanol–water partition coefficient (Wildman–Crippen LogP) is 6.89. The van der Waals surface area contributed by atoms with Gasteiger partial charge < -0.3 is 29.2 Å². The van der Waals surface area contributed by atoms with Crippen LogP contribution in [0.1, 0.15) is 103 Å². The molecule has 9 heteroatoms. The van der Waals surface area contributed by atoms with Crippen LogP contribution >= 0.6 is 0 Å². The highest BCUT2D eigenvalue weighted by Gasteiger charge is 2.81. The van der Waals surface area contributed by atoms with Crippen LogP contribution in [-0.4, -0.2) is 56.8 Å². The second-order valence-corrected chi connectivity index (χ2v) is 14.7. The summed E-state index contributed by atoms with van der Waals surface area (Å²) < 4.78 is 25.6. The predicted molar refractivity (Wildman–Crippen MR) is 182 cm³/mol. The first-order valence-electron chi connectivity index (χ1n) is 16.3. The van der Waals surface area contributed by atoms with Crippen molar-refractivity contribution in [2.75, 3.05) is 0 Å². The van der Waals surface area contributed by atoms with Crippen LogP contribution in [0, 0.1) is 11.8 Å². The van der Waals surface area contributed by atoms with Crippen molar-refractivity contribution >= 4 is 24.1 Å². The number of allylic oxidation sites excluding steroid dienone is 4. The van der Waals surface area contributed by atoms with Gasteiger partial charge in [-0.25, -0.2) is 0 Å². The zero-order chi connectivity index (χ0) is 34.3. The van der Waals surface area contributed by atoms with E-state index in [4.69, 9.17) is 18.9 Å². The molecular weight excluding hydrogens is 612 g/mol. The van der Waals surface area contributed by atoms with Crippen LogP contribution in [0.3, 0.4) is 0 Å². The Bertz CT molecular complexity index is 1720. The number of phenols is 1. The van der Waals surface area contributed by atoms with E-state index >= 15 is 0 Å². The van der Waals surface area contributed by atoms with E-state index in [0.29, 0.717) is 65.9 Å². The SMILES string of the molecule is C.C=C(C)C(O)CC[C@]1(C)C=Cc2c(O)c3c(c(CC=C(C)C)c2O1)O[C@]12C(=CC4CC1C(C)(C)O[C@]2(C/C=C(/C)OC=O)C4=O)C3=O. The van der Waals surface area contributed by atoms with Gasteiger partial charge in [-0.1, -0.05) is 37.3 Å². The number of fused-ring (bicyclic) bond motifs is 2.